The van der Waals surface area contributed by atoms with Gasteiger partial charge in [-0.25, -0.2) is 0 Å². The Balaban J connectivity index is 1.71. The smallest absolute Gasteiger partial charge is 0.311 e. The van der Waals surface area contributed by atoms with Gasteiger partial charge in [0.1, 0.15) is 0 Å². The first kappa shape index (κ1) is 13.4. The molecule has 0 saturated heterocycles. The number of nitrogens with one attached hydrogen (secondary N) is 1. The van der Waals surface area contributed by atoms with Crippen LogP contribution in [0.25, 0.3) is 5.69 Å². The zero-order valence-electron chi connectivity index (χ0n) is 11.5. The Labute approximate surface area is 122 Å². The summed E-state index contributed by atoms with van der Waals surface area (Å²) < 4.78 is 1.91. The van der Waals surface area contributed by atoms with E-state index in [2.05, 4.69) is 5.32 Å². The highest BCUT2D eigenvalue weighted by atomic mass is 16.4. The summed E-state index contributed by atoms with van der Waals surface area (Å²) in [5, 5.41) is 11.8. The van der Waals surface area contributed by atoms with Crippen molar-refractivity contribution in [3.05, 3.63) is 54.4 Å². The van der Waals surface area contributed by atoms with Crippen molar-refractivity contribution in [3.8, 4) is 5.69 Å². The fraction of sp³-hybridized carbons (Fsp3) is 0.250. The van der Waals surface area contributed by atoms with E-state index in [1.54, 1.807) is 12.1 Å². The summed E-state index contributed by atoms with van der Waals surface area (Å²) in [6, 6.07) is 11.1. The number of nitrogens with zero attached hydrogens (tertiary/aromatic N) is 1. The van der Waals surface area contributed by atoms with Gasteiger partial charge in [0, 0.05) is 30.2 Å². The quantitative estimate of drug-likeness (QED) is 0.883. The van der Waals surface area contributed by atoms with E-state index < -0.39 is 11.4 Å². The first-order chi connectivity index (χ1) is 10.1. The fourth-order valence-electron chi connectivity index (χ4n) is 2.28. The number of carbonyl (C=O) groups excluding carboxylic acids is 1. The summed E-state index contributed by atoms with van der Waals surface area (Å²) in [6.07, 6.45) is 5.07. The van der Waals surface area contributed by atoms with Crippen LogP contribution in [0.5, 0.6) is 0 Å². The van der Waals surface area contributed by atoms with E-state index in [9.17, 15) is 9.59 Å². The predicted molar refractivity (Wildman–Crippen MR) is 77.4 cm³/mol. The van der Waals surface area contributed by atoms with Gasteiger partial charge in [-0.2, -0.15) is 0 Å². The highest BCUT2D eigenvalue weighted by Gasteiger charge is 2.50. The van der Waals surface area contributed by atoms with Crippen LogP contribution in [-0.4, -0.2) is 28.1 Å². The van der Waals surface area contributed by atoms with Crippen LogP contribution in [0.3, 0.4) is 0 Å². The van der Waals surface area contributed by atoms with Gasteiger partial charge in [0.15, 0.2) is 0 Å². The average molecular weight is 284 g/mol. The molecule has 1 heterocycles. The highest BCUT2D eigenvalue weighted by Crippen LogP contribution is 2.45. The molecule has 0 aliphatic heterocycles. The maximum Gasteiger partial charge on any atom is 0.311 e. The number of amides is 1. The van der Waals surface area contributed by atoms with Crippen LogP contribution in [0.4, 0.5) is 0 Å². The van der Waals surface area contributed by atoms with Gasteiger partial charge in [-0.3, -0.25) is 9.59 Å². The number of aliphatic carboxylic acids is 1. The van der Waals surface area contributed by atoms with Crippen LogP contribution in [0, 0.1) is 5.41 Å². The minimum Gasteiger partial charge on any atom is -0.481 e. The first-order valence-corrected chi connectivity index (χ1v) is 6.86. The first-order valence-electron chi connectivity index (χ1n) is 6.86. The number of carboxylic acids is 1. The second-order valence-electron chi connectivity index (χ2n) is 5.41. The molecule has 108 valence electrons. The number of carboxylic acid groups (broad SMARTS) is 1. The summed E-state index contributed by atoms with van der Waals surface area (Å²) in [5.74, 6) is -1.07. The number of aromatic nitrogens is 1. The molecule has 2 aromatic rings. The standard InChI is InChI=1S/C16H16N2O3/c19-14(17-11-16(6-7-16)15(20)21)12-4-3-5-13(10-12)18-8-1-2-9-18/h1-5,8-10H,6-7,11H2,(H,17,19)(H,20,21). The molecule has 1 aromatic carbocycles. The molecule has 3 rings (SSSR count). The second-order valence-corrected chi connectivity index (χ2v) is 5.41. The molecule has 1 aliphatic carbocycles. The van der Waals surface area contributed by atoms with Crippen molar-refractivity contribution in [2.45, 2.75) is 12.8 Å². The number of carbonyl (C=O) groups is 2. The lowest BCUT2D eigenvalue weighted by Crippen LogP contribution is -2.34. The van der Waals surface area contributed by atoms with Gasteiger partial charge < -0.3 is 15.0 Å². The van der Waals surface area contributed by atoms with E-state index in [4.69, 9.17) is 5.11 Å². The summed E-state index contributed by atoms with van der Waals surface area (Å²) >= 11 is 0. The molecule has 1 aliphatic rings. The third kappa shape index (κ3) is 2.67. The van der Waals surface area contributed by atoms with Crippen molar-refractivity contribution >= 4 is 11.9 Å². The van der Waals surface area contributed by atoms with E-state index in [1.807, 2.05) is 41.2 Å². The van der Waals surface area contributed by atoms with Crippen LogP contribution in [0.15, 0.2) is 48.8 Å². The SMILES string of the molecule is O=C(NCC1(C(=O)O)CC1)c1cccc(-n2cccc2)c1. The van der Waals surface area contributed by atoms with E-state index in [-0.39, 0.29) is 12.5 Å². The molecule has 1 saturated carbocycles. The maximum atomic E-state index is 12.2. The molecule has 1 fully saturated rings. The van der Waals surface area contributed by atoms with E-state index in [1.165, 1.54) is 0 Å². The molecule has 0 bridgehead atoms. The maximum absolute atomic E-state index is 12.2. The summed E-state index contributed by atoms with van der Waals surface area (Å²) in [7, 11) is 0. The molecule has 0 spiro atoms. The van der Waals surface area contributed by atoms with E-state index >= 15 is 0 Å². The molecular formula is C16H16N2O3. The van der Waals surface area contributed by atoms with Gasteiger partial charge in [-0.1, -0.05) is 6.07 Å². The Morgan fingerprint density at radius 2 is 1.90 bits per heavy atom. The minimum absolute atomic E-state index is 0.189. The van der Waals surface area contributed by atoms with Gasteiger partial charge >= 0.3 is 5.97 Å². The molecule has 1 aromatic heterocycles. The third-order valence-electron chi connectivity index (χ3n) is 3.91. The second kappa shape index (κ2) is 5.09. The lowest BCUT2D eigenvalue weighted by atomic mass is 10.1. The largest absolute Gasteiger partial charge is 0.481 e. The number of hydrogen-bond acceptors (Lipinski definition) is 2. The average Bonchev–Trinajstić information content (AvgIpc) is 3.09. The van der Waals surface area contributed by atoms with Crippen molar-refractivity contribution in [2.75, 3.05) is 6.54 Å². The Morgan fingerprint density at radius 3 is 2.52 bits per heavy atom. The molecule has 1 amide bonds. The molecular weight excluding hydrogens is 268 g/mol. The molecule has 21 heavy (non-hydrogen) atoms. The van der Waals surface area contributed by atoms with E-state index in [0.717, 1.165) is 5.69 Å². The van der Waals surface area contributed by atoms with Crippen LogP contribution < -0.4 is 5.32 Å². The molecule has 0 radical (unpaired) electrons. The number of rotatable bonds is 5. The molecule has 5 heteroatoms. The van der Waals surface area contributed by atoms with Gasteiger partial charge in [-0.15, -0.1) is 0 Å². The van der Waals surface area contributed by atoms with Gasteiger partial charge in [0.05, 0.1) is 5.41 Å². The number of hydrogen-bond donors (Lipinski definition) is 2. The van der Waals surface area contributed by atoms with Crippen molar-refractivity contribution in [3.63, 3.8) is 0 Å². The van der Waals surface area contributed by atoms with Gasteiger partial charge in [0.2, 0.25) is 0 Å². The molecule has 2 N–H and O–H groups in total. The van der Waals surface area contributed by atoms with Crippen LogP contribution in [0.2, 0.25) is 0 Å². The van der Waals surface area contributed by atoms with Crippen LogP contribution in [0.1, 0.15) is 23.2 Å². The van der Waals surface area contributed by atoms with Gasteiger partial charge in [0.25, 0.3) is 5.91 Å². The summed E-state index contributed by atoms with van der Waals surface area (Å²) in [4.78, 5) is 23.2. The lowest BCUT2D eigenvalue weighted by molar-refractivity contribution is -0.143. The van der Waals surface area contributed by atoms with Gasteiger partial charge in [-0.05, 0) is 43.2 Å². The van der Waals surface area contributed by atoms with Crippen molar-refractivity contribution < 1.29 is 14.7 Å². The Kier molecular flexibility index (Phi) is 3.25. The predicted octanol–water partition coefficient (Wildman–Crippen LogP) is 2.07. The zero-order chi connectivity index (χ0) is 14.9. The topological polar surface area (TPSA) is 71.3 Å². The van der Waals surface area contributed by atoms with E-state index in [0.29, 0.717) is 18.4 Å². The fourth-order valence-corrected chi connectivity index (χ4v) is 2.28. The normalized spacial score (nSPS) is 15.4. The minimum atomic E-state index is -0.830. The Bertz CT molecular complexity index is 673. The van der Waals surface area contributed by atoms with Crippen molar-refractivity contribution in [1.82, 2.24) is 9.88 Å². The number of benzene rings is 1. The lowest BCUT2D eigenvalue weighted by Gasteiger charge is -2.12. The molecule has 5 nitrogen and oxygen atoms in total. The third-order valence-corrected chi connectivity index (χ3v) is 3.91. The monoisotopic (exact) mass is 284 g/mol. The zero-order valence-corrected chi connectivity index (χ0v) is 11.5. The van der Waals surface area contributed by atoms with Crippen LogP contribution >= 0.6 is 0 Å². The Morgan fingerprint density at radius 1 is 1.19 bits per heavy atom. The summed E-state index contributed by atoms with van der Waals surface area (Å²) in [6.45, 7) is 0.189. The Hall–Kier alpha value is -2.56. The van der Waals surface area contributed by atoms with Crippen LogP contribution in [-0.2, 0) is 4.79 Å². The van der Waals surface area contributed by atoms with Crippen molar-refractivity contribution in [1.29, 1.82) is 0 Å². The van der Waals surface area contributed by atoms with Crippen molar-refractivity contribution in [2.24, 2.45) is 5.41 Å². The molecule has 0 atom stereocenters. The highest BCUT2D eigenvalue weighted by molar-refractivity contribution is 5.95. The summed E-state index contributed by atoms with van der Waals surface area (Å²) in [5.41, 5.74) is 0.683. The molecule has 0 unspecified atom stereocenters.